The standard InChI is InChI=1S/C11H21NO4S/c1-6-7-11(5,9(4)17(14,15)16)12-10(13)8(2)3/h9H,2,6-7H2,1,3-5H3,(H,12,13)(H,14,15,16). The maximum Gasteiger partial charge on any atom is 0.269 e. The quantitative estimate of drug-likeness (QED) is 0.562. The van der Waals surface area contributed by atoms with E-state index in [1.807, 2.05) is 6.92 Å². The topological polar surface area (TPSA) is 83.5 Å². The molecular formula is C11H21NO4S. The van der Waals surface area contributed by atoms with E-state index in [1.165, 1.54) is 6.92 Å². The summed E-state index contributed by atoms with van der Waals surface area (Å²) in [6.07, 6.45) is 1.14. The Morgan fingerprint density at radius 1 is 1.53 bits per heavy atom. The van der Waals surface area contributed by atoms with Crippen molar-refractivity contribution in [1.29, 1.82) is 0 Å². The van der Waals surface area contributed by atoms with Crippen molar-refractivity contribution >= 4 is 16.0 Å². The molecule has 0 saturated heterocycles. The molecule has 0 bridgehead atoms. The molecule has 0 aliphatic rings. The third-order valence-electron chi connectivity index (χ3n) is 2.90. The average molecular weight is 263 g/mol. The highest BCUT2D eigenvalue weighted by Gasteiger charge is 2.39. The van der Waals surface area contributed by atoms with Gasteiger partial charge >= 0.3 is 0 Å². The van der Waals surface area contributed by atoms with Gasteiger partial charge in [-0.25, -0.2) is 0 Å². The van der Waals surface area contributed by atoms with Crippen molar-refractivity contribution in [3.63, 3.8) is 0 Å². The Kier molecular flexibility index (Phi) is 5.35. The average Bonchev–Trinajstić information content (AvgIpc) is 2.15. The van der Waals surface area contributed by atoms with Gasteiger partial charge in [0.15, 0.2) is 0 Å². The van der Waals surface area contributed by atoms with Crippen molar-refractivity contribution in [2.24, 2.45) is 0 Å². The Hall–Kier alpha value is -0.880. The second kappa shape index (κ2) is 5.64. The minimum absolute atomic E-state index is 0.301. The van der Waals surface area contributed by atoms with E-state index in [0.29, 0.717) is 18.4 Å². The summed E-state index contributed by atoms with van der Waals surface area (Å²) in [5, 5.41) is 1.55. The zero-order valence-electron chi connectivity index (χ0n) is 10.8. The molecule has 5 nitrogen and oxygen atoms in total. The van der Waals surface area contributed by atoms with Crippen LogP contribution in [0.25, 0.3) is 0 Å². The first-order valence-electron chi connectivity index (χ1n) is 5.49. The second-order valence-corrected chi connectivity index (χ2v) is 6.30. The summed E-state index contributed by atoms with van der Waals surface area (Å²) in [5.74, 6) is -0.406. The van der Waals surface area contributed by atoms with E-state index in [9.17, 15) is 13.2 Å². The van der Waals surface area contributed by atoms with E-state index in [4.69, 9.17) is 4.55 Å². The molecular weight excluding hydrogens is 242 g/mol. The third kappa shape index (κ3) is 4.47. The smallest absolute Gasteiger partial charge is 0.269 e. The second-order valence-electron chi connectivity index (χ2n) is 4.56. The number of carbonyl (C=O) groups is 1. The summed E-state index contributed by atoms with van der Waals surface area (Å²) >= 11 is 0. The highest BCUT2D eigenvalue weighted by Crippen LogP contribution is 2.22. The van der Waals surface area contributed by atoms with Gasteiger partial charge in [-0.1, -0.05) is 19.9 Å². The van der Waals surface area contributed by atoms with Crippen LogP contribution in [0.1, 0.15) is 40.5 Å². The van der Waals surface area contributed by atoms with Crippen molar-refractivity contribution in [3.05, 3.63) is 12.2 Å². The van der Waals surface area contributed by atoms with Crippen LogP contribution in [0.15, 0.2) is 12.2 Å². The van der Waals surface area contributed by atoms with E-state index in [-0.39, 0.29) is 0 Å². The van der Waals surface area contributed by atoms with Gasteiger partial charge in [-0.05, 0) is 27.2 Å². The Labute approximate surface area is 103 Å². The molecule has 0 spiro atoms. The molecule has 2 atom stereocenters. The fourth-order valence-electron chi connectivity index (χ4n) is 1.58. The highest BCUT2D eigenvalue weighted by molar-refractivity contribution is 7.86. The largest absolute Gasteiger partial charge is 0.346 e. The maximum absolute atomic E-state index is 11.6. The molecule has 2 unspecified atom stereocenters. The van der Waals surface area contributed by atoms with E-state index in [2.05, 4.69) is 11.9 Å². The lowest BCUT2D eigenvalue weighted by molar-refractivity contribution is -0.119. The normalized spacial score (nSPS) is 17.0. The fraction of sp³-hybridized carbons (Fsp3) is 0.727. The minimum atomic E-state index is -4.20. The Balaban J connectivity index is 5.17. The highest BCUT2D eigenvalue weighted by atomic mass is 32.2. The molecule has 0 aliphatic heterocycles. The van der Waals surface area contributed by atoms with Crippen LogP contribution < -0.4 is 5.32 Å². The number of nitrogens with one attached hydrogen (secondary N) is 1. The van der Waals surface area contributed by atoms with Crippen molar-refractivity contribution < 1.29 is 17.8 Å². The van der Waals surface area contributed by atoms with Gasteiger partial charge in [-0.15, -0.1) is 0 Å². The molecule has 0 radical (unpaired) electrons. The van der Waals surface area contributed by atoms with Crippen LogP contribution in [0.5, 0.6) is 0 Å². The van der Waals surface area contributed by atoms with Gasteiger partial charge < -0.3 is 5.32 Å². The molecule has 0 aromatic rings. The summed E-state index contributed by atoms with van der Waals surface area (Å²) in [7, 11) is -4.20. The first kappa shape index (κ1) is 16.1. The Morgan fingerprint density at radius 3 is 2.29 bits per heavy atom. The molecule has 2 N–H and O–H groups in total. The summed E-state index contributed by atoms with van der Waals surface area (Å²) in [6.45, 7) is 9.90. The van der Waals surface area contributed by atoms with E-state index in [0.717, 1.165) is 0 Å². The number of carbonyl (C=O) groups excluding carboxylic acids is 1. The number of rotatable bonds is 6. The van der Waals surface area contributed by atoms with Crippen molar-refractivity contribution in [3.8, 4) is 0 Å². The number of amides is 1. The molecule has 17 heavy (non-hydrogen) atoms. The van der Waals surface area contributed by atoms with Gasteiger partial charge in [0.1, 0.15) is 5.25 Å². The lowest BCUT2D eigenvalue weighted by Crippen LogP contribution is -2.56. The van der Waals surface area contributed by atoms with Crippen LogP contribution >= 0.6 is 0 Å². The first-order valence-corrected chi connectivity index (χ1v) is 6.99. The Bertz CT molecular complexity index is 402. The lowest BCUT2D eigenvalue weighted by atomic mass is 9.92. The van der Waals surface area contributed by atoms with Gasteiger partial charge in [0, 0.05) is 5.57 Å². The first-order chi connectivity index (χ1) is 7.54. The van der Waals surface area contributed by atoms with Gasteiger partial charge in [-0.2, -0.15) is 8.42 Å². The van der Waals surface area contributed by atoms with Crippen molar-refractivity contribution in [2.45, 2.75) is 51.3 Å². The van der Waals surface area contributed by atoms with Gasteiger partial charge in [0.25, 0.3) is 10.1 Å². The molecule has 100 valence electrons. The SMILES string of the molecule is C=C(C)C(=O)NC(C)(CCC)C(C)S(=O)(=O)O. The molecule has 0 rings (SSSR count). The van der Waals surface area contributed by atoms with Crippen molar-refractivity contribution in [1.82, 2.24) is 5.32 Å². The molecule has 0 aromatic carbocycles. The van der Waals surface area contributed by atoms with Crippen LogP contribution in [0.3, 0.4) is 0 Å². The predicted molar refractivity (Wildman–Crippen MR) is 67.3 cm³/mol. The van der Waals surface area contributed by atoms with E-state index < -0.39 is 26.8 Å². The van der Waals surface area contributed by atoms with Crippen LogP contribution in [0.2, 0.25) is 0 Å². The van der Waals surface area contributed by atoms with Gasteiger partial charge in [0.2, 0.25) is 5.91 Å². The maximum atomic E-state index is 11.6. The summed E-state index contributed by atoms with van der Waals surface area (Å²) < 4.78 is 31.5. The predicted octanol–water partition coefficient (Wildman–Crippen LogP) is 1.51. The zero-order valence-corrected chi connectivity index (χ0v) is 11.6. The van der Waals surface area contributed by atoms with Crippen molar-refractivity contribution in [2.75, 3.05) is 0 Å². The summed E-state index contributed by atoms with van der Waals surface area (Å²) in [5.41, 5.74) is -0.701. The van der Waals surface area contributed by atoms with E-state index >= 15 is 0 Å². The number of hydrogen-bond donors (Lipinski definition) is 2. The molecule has 1 amide bonds. The number of hydrogen-bond acceptors (Lipinski definition) is 3. The lowest BCUT2D eigenvalue weighted by Gasteiger charge is -2.34. The van der Waals surface area contributed by atoms with Crippen LogP contribution in [0, 0.1) is 0 Å². The molecule has 6 heteroatoms. The Morgan fingerprint density at radius 2 is 2.00 bits per heavy atom. The van der Waals surface area contributed by atoms with Gasteiger partial charge in [-0.3, -0.25) is 9.35 Å². The van der Waals surface area contributed by atoms with Crippen LogP contribution in [-0.4, -0.2) is 29.7 Å². The molecule has 0 fully saturated rings. The van der Waals surface area contributed by atoms with E-state index in [1.54, 1.807) is 13.8 Å². The summed E-state index contributed by atoms with van der Waals surface area (Å²) in [4.78, 5) is 11.6. The van der Waals surface area contributed by atoms with Gasteiger partial charge in [0.05, 0.1) is 5.54 Å². The molecule has 0 aromatic heterocycles. The molecule has 0 saturated carbocycles. The summed E-state index contributed by atoms with van der Waals surface area (Å²) in [6, 6.07) is 0. The van der Waals surface area contributed by atoms with Crippen LogP contribution in [-0.2, 0) is 14.9 Å². The third-order valence-corrected chi connectivity index (χ3v) is 4.31. The fourth-order valence-corrected chi connectivity index (χ4v) is 2.42. The molecule has 0 aliphatic carbocycles. The monoisotopic (exact) mass is 263 g/mol. The minimum Gasteiger partial charge on any atom is -0.346 e. The van der Waals surface area contributed by atoms with Crippen LogP contribution in [0.4, 0.5) is 0 Å². The zero-order chi connectivity index (χ0) is 13.9. The molecule has 0 heterocycles.